The summed E-state index contributed by atoms with van der Waals surface area (Å²) in [6.07, 6.45) is 0.722. The summed E-state index contributed by atoms with van der Waals surface area (Å²) in [4.78, 5) is 31.5. The molecule has 1 amide bonds. The number of carbonyl (C=O) groups is 1. The molecule has 0 unspecified atom stereocenters. The number of methoxy groups -OCH3 is 3. The van der Waals surface area contributed by atoms with E-state index in [-0.39, 0.29) is 22.7 Å². The second-order valence-corrected chi connectivity index (χ2v) is 9.42. The minimum Gasteiger partial charge on any atom is -0.493 e. The highest BCUT2D eigenvalue weighted by Crippen LogP contribution is 2.45. The van der Waals surface area contributed by atoms with Crippen LogP contribution in [-0.2, 0) is 4.74 Å². The molecule has 0 N–H and O–H groups in total. The van der Waals surface area contributed by atoms with Gasteiger partial charge in [-0.25, -0.2) is 0 Å². The maximum atomic E-state index is 13.8. The standard InChI is InChI=1S/C27H29ClN2O7/c1-33-20-13-16(14-21(34-2)25(20)35-3)23-22-24(31)18-15-17(28)5-6-19(18)37-26(22)27(32)30(23)8-4-7-29-9-11-36-12-10-29/h5-6,13-15,23H,4,7-12H2,1-3H3/t23-/m0/s1. The van der Waals surface area contributed by atoms with Gasteiger partial charge in [0.05, 0.1) is 51.5 Å². The summed E-state index contributed by atoms with van der Waals surface area (Å²) in [6, 6.07) is 7.66. The monoisotopic (exact) mass is 528 g/mol. The van der Waals surface area contributed by atoms with Crippen molar-refractivity contribution in [3.05, 3.63) is 62.5 Å². The van der Waals surface area contributed by atoms with Crippen molar-refractivity contribution in [2.24, 2.45) is 0 Å². The van der Waals surface area contributed by atoms with Crippen LogP contribution >= 0.6 is 11.6 Å². The zero-order chi connectivity index (χ0) is 26.1. The summed E-state index contributed by atoms with van der Waals surface area (Å²) < 4.78 is 28.1. The molecule has 2 aliphatic rings. The lowest BCUT2D eigenvalue weighted by atomic mass is 9.97. The van der Waals surface area contributed by atoms with E-state index in [1.54, 1.807) is 35.2 Å². The van der Waals surface area contributed by atoms with Crippen LogP contribution in [0.4, 0.5) is 0 Å². The van der Waals surface area contributed by atoms with Crippen molar-refractivity contribution in [3.8, 4) is 17.2 Å². The number of fused-ring (bicyclic) bond motifs is 2. The Bertz CT molecular complexity index is 1360. The molecule has 1 fully saturated rings. The predicted octanol–water partition coefficient (Wildman–Crippen LogP) is 3.74. The lowest BCUT2D eigenvalue weighted by molar-refractivity contribution is 0.0353. The molecule has 0 radical (unpaired) electrons. The topological polar surface area (TPSA) is 90.7 Å². The first-order valence-corrected chi connectivity index (χ1v) is 12.5. The summed E-state index contributed by atoms with van der Waals surface area (Å²) >= 11 is 6.19. The first-order chi connectivity index (χ1) is 18.0. The second kappa shape index (κ2) is 10.6. The molecule has 10 heteroatoms. The van der Waals surface area contributed by atoms with Gasteiger partial charge < -0.3 is 28.3 Å². The Labute approximate surface area is 219 Å². The normalized spacial score (nSPS) is 17.8. The van der Waals surface area contributed by atoms with Gasteiger partial charge in [0, 0.05) is 31.2 Å². The summed E-state index contributed by atoms with van der Waals surface area (Å²) in [6.45, 7) is 4.36. The first kappa shape index (κ1) is 25.4. The third kappa shape index (κ3) is 4.63. The van der Waals surface area contributed by atoms with Gasteiger partial charge in [-0.2, -0.15) is 0 Å². The number of rotatable bonds is 8. The molecule has 5 rings (SSSR count). The Kier molecular flexibility index (Phi) is 7.28. The largest absolute Gasteiger partial charge is 0.493 e. The highest BCUT2D eigenvalue weighted by atomic mass is 35.5. The van der Waals surface area contributed by atoms with Gasteiger partial charge in [-0.1, -0.05) is 11.6 Å². The molecule has 3 heterocycles. The molecule has 9 nitrogen and oxygen atoms in total. The Morgan fingerprint density at radius 2 is 1.68 bits per heavy atom. The van der Waals surface area contributed by atoms with Crippen molar-refractivity contribution in [2.45, 2.75) is 12.5 Å². The number of benzene rings is 2. The van der Waals surface area contributed by atoms with E-state index in [1.807, 2.05) is 0 Å². The number of carbonyl (C=O) groups excluding carboxylic acids is 1. The Morgan fingerprint density at radius 1 is 0.973 bits per heavy atom. The molecule has 2 aromatic carbocycles. The average molecular weight is 529 g/mol. The van der Waals surface area contributed by atoms with Gasteiger partial charge in [0.25, 0.3) is 5.91 Å². The smallest absolute Gasteiger partial charge is 0.290 e. The summed E-state index contributed by atoms with van der Waals surface area (Å²) in [5.41, 5.74) is 0.962. The number of morpholine rings is 1. The Balaban J connectivity index is 1.61. The van der Waals surface area contributed by atoms with Crippen molar-refractivity contribution in [1.82, 2.24) is 9.80 Å². The molecule has 0 spiro atoms. The van der Waals surface area contributed by atoms with Gasteiger partial charge in [-0.3, -0.25) is 14.5 Å². The third-order valence-corrected chi connectivity index (χ3v) is 7.14. The first-order valence-electron chi connectivity index (χ1n) is 12.1. The fourth-order valence-electron chi connectivity index (χ4n) is 5.12. The van der Waals surface area contributed by atoms with Crippen LogP contribution in [0.15, 0.2) is 39.5 Å². The molecule has 1 atom stereocenters. The zero-order valence-corrected chi connectivity index (χ0v) is 21.8. The lowest BCUT2D eigenvalue weighted by Crippen LogP contribution is -2.38. The van der Waals surface area contributed by atoms with Crippen molar-refractivity contribution in [2.75, 3.05) is 60.7 Å². The Hall–Kier alpha value is -3.27. The fourth-order valence-corrected chi connectivity index (χ4v) is 5.29. The van der Waals surface area contributed by atoms with Crippen molar-refractivity contribution in [3.63, 3.8) is 0 Å². The Morgan fingerprint density at radius 3 is 2.32 bits per heavy atom. The van der Waals surface area contributed by atoms with Crippen LogP contribution < -0.4 is 19.6 Å². The molecule has 0 aliphatic carbocycles. The zero-order valence-electron chi connectivity index (χ0n) is 21.0. The molecule has 37 heavy (non-hydrogen) atoms. The fraction of sp³-hybridized carbons (Fsp3) is 0.407. The van der Waals surface area contributed by atoms with E-state index in [2.05, 4.69) is 4.90 Å². The van der Waals surface area contributed by atoms with E-state index in [0.717, 1.165) is 26.1 Å². The van der Waals surface area contributed by atoms with Gasteiger partial charge in [-0.15, -0.1) is 0 Å². The van der Waals surface area contributed by atoms with E-state index in [4.69, 9.17) is 35.0 Å². The van der Waals surface area contributed by atoms with Gasteiger partial charge in [0.15, 0.2) is 16.9 Å². The van der Waals surface area contributed by atoms with Crippen molar-refractivity contribution in [1.29, 1.82) is 0 Å². The molecule has 1 aromatic heterocycles. The summed E-state index contributed by atoms with van der Waals surface area (Å²) in [5.74, 6) is 1.00. The SMILES string of the molecule is COc1cc([C@H]2c3c(oc4ccc(Cl)cc4c3=O)C(=O)N2CCCN2CCOCC2)cc(OC)c1OC. The molecule has 196 valence electrons. The van der Waals surface area contributed by atoms with Gasteiger partial charge in [0.1, 0.15) is 5.58 Å². The molecule has 3 aromatic rings. The molecular formula is C27H29ClN2O7. The average Bonchev–Trinajstić information content (AvgIpc) is 3.20. The number of ether oxygens (including phenoxy) is 4. The van der Waals surface area contributed by atoms with E-state index in [9.17, 15) is 9.59 Å². The number of hydrogen-bond acceptors (Lipinski definition) is 8. The maximum Gasteiger partial charge on any atom is 0.290 e. The van der Waals surface area contributed by atoms with Crippen LogP contribution in [0.1, 0.15) is 34.1 Å². The van der Waals surface area contributed by atoms with Crippen LogP contribution in [0.3, 0.4) is 0 Å². The molecule has 0 bridgehead atoms. The lowest BCUT2D eigenvalue weighted by Gasteiger charge is -2.29. The highest BCUT2D eigenvalue weighted by molar-refractivity contribution is 6.31. The van der Waals surface area contributed by atoms with Gasteiger partial charge in [0.2, 0.25) is 11.5 Å². The number of halogens is 1. The van der Waals surface area contributed by atoms with E-state index < -0.39 is 6.04 Å². The third-order valence-electron chi connectivity index (χ3n) is 6.91. The summed E-state index contributed by atoms with van der Waals surface area (Å²) in [7, 11) is 4.58. The van der Waals surface area contributed by atoms with Crippen LogP contribution in [0.25, 0.3) is 11.0 Å². The van der Waals surface area contributed by atoms with E-state index >= 15 is 0 Å². The van der Waals surface area contributed by atoms with E-state index in [1.165, 1.54) is 21.3 Å². The van der Waals surface area contributed by atoms with Crippen molar-refractivity contribution < 1.29 is 28.2 Å². The van der Waals surface area contributed by atoms with Crippen LogP contribution in [0, 0.1) is 0 Å². The molecule has 1 saturated heterocycles. The number of nitrogens with zero attached hydrogens (tertiary/aromatic N) is 2. The number of amides is 1. The second-order valence-electron chi connectivity index (χ2n) is 8.98. The molecule has 0 saturated carbocycles. The van der Waals surface area contributed by atoms with Crippen LogP contribution in [0.2, 0.25) is 5.02 Å². The van der Waals surface area contributed by atoms with Gasteiger partial charge in [-0.05, 0) is 42.3 Å². The minimum atomic E-state index is -0.694. The quantitative estimate of drug-likeness (QED) is 0.437. The van der Waals surface area contributed by atoms with Gasteiger partial charge >= 0.3 is 0 Å². The summed E-state index contributed by atoms with van der Waals surface area (Å²) in [5, 5.41) is 0.738. The minimum absolute atomic E-state index is 0.0462. The highest BCUT2D eigenvalue weighted by Gasteiger charge is 2.43. The predicted molar refractivity (Wildman–Crippen MR) is 138 cm³/mol. The number of hydrogen-bond donors (Lipinski definition) is 0. The van der Waals surface area contributed by atoms with Crippen LogP contribution in [0.5, 0.6) is 17.2 Å². The molecule has 2 aliphatic heterocycles. The molecular weight excluding hydrogens is 500 g/mol. The maximum absolute atomic E-state index is 13.8. The van der Waals surface area contributed by atoms with E-state index in [0.29, 0.717) is 58.6 Å². The van der Waals surface area contributed by atoms with Crippen molar-refractivity contribution >= 4 is 28.5 Å². The van der Waals surface area contributed by atoms with Crippen LogP contribution in [-0.4, -0.2) is 76.4 Å².